The monoisotopic (exact) mass is 445 g/mol. The van der Waals surface area contributed by atoms with Gasteiger partial charge in [0, 0.05) is 23.5 Å². The van der Waals surface area contributed by atoms with E-state index in [0.29, 0.717) is 35.2 Å². The van der Waals surface area contributed by atoms with Gasteiger partial charge in [-0.25, -0.2) is 18.4 Å². The van der Waals surface area contributed by atoms with Crippen LogP contribution < -0.4 is 4.83 Å². The number of benzene rings is 1. The standard InChI is InChI=1S/C18H21Cl2N3O4S/c1-18(2,3)27-17(24)15-5-4-8-23(15)22-28(25,26)11-6-7-12-13(9-11)16(20)21-10-14(12)19/h6-7,9-10,15,22H,4-5,8H2,1-3H3/t15-/m0/s1. The molecule has 0 bridgehead atoms. The van der Waals surface area contributed by atoms with Crippen LogP contribution in [0, 0.1) is 0 Å². The number of nitrogens with zero attached hydrogens (tertiary/aromatic N) is 2. The zero-order chi connectivity index (χ0) is 20.7. The van der Waals surface area contributed by atoms with E-state index in [0.717, 1.165) is 0 Å². The highest BCUT2D eigenvalue weighted by atomic mass is 35.5. The molecule has 2 heterocycles. The Kier molecular flexibility index (Phi) is 5.89. The summed E-state index contributed by atoms with van der Waals surface area (Å²) in [5.41, 5.74) is -0.647. The van der Waals surface area contributed by atoms with E-state index >= 15 is 0 Å². The molecule has 1 aromatic carbocycles. The van der Waals surface area contributed by atoms with Gasteiger partial charge in [0.05, 0.1) is 9.92 Å². The summed E-state index contributed by atoms with van der Waals surface area (Å²) in [7, 11) is -3.94. The third-order valence-corrected chi connectivity index (χ3v) is 6.19. The maximum atomic E-state index is 12.9. The van der Waals surface area contributed by atoms with E-state index in [4.69, 9.17) is 27.9 Å². The summed E-state index contributed by atoms with van der Waals surface area (Å²) in [5, 5.41) is 2.98. The predicted molar refractivity (Wildman–Crippen MR) is 108 cm³/mol. The number of carbonyl (C=O) groups excluding carboxylic acids is 1. The fraction of sp³-hybridized carbons (Fsp3) is 0.444. The van der Waals surface area contributed by atoms with Crippen molar-refractivity contribution < 1.29 is 17.9 Å². The van der Waals surface area contributed by atoms with Crippen molar-refractivity contribution in [3.63, 3.8) is 0 Å². The van der Waals surface area contributed by atoms with Crippen LogP contribution in [0.4, 0.5) is 0 Å². The number of sulfonamides is 1. The minimum Gasteiger partial charge on any atom is -0.459 e. The summed E-state index contributed by atoms with van der Waals surface area (Å²) in [6, 6.07) is 3.76. The summed E-state index contributed by atoms with van der Waals surface area (Å²) in [6.45, 7) is 5.72. The minimum absolute atomic E-state index is 0.000746. The maximum absolute atomic E-state index is 12.9. The molecule has 10 heteroatoms. The van der Waals surface area contributed by atoms with Crippen LogP contribution in [0.1, 0.15) is 33.6 Å². The lowest BCUT2D eigenvalue weighted by molar-refractivity contribution is -0.160. The van der Waals surface area contributed by atoms with Crippen molar-refractivity contribution in [3.8, 4) is 0 Å². The molecule has 1 fully saturated rings. The summed E-state index contributed by atoms with van der Waals surface area (Å²) >= 11 is 12.2. The first-order valence-corrected chi connectivity index (χ1v) is 11.0. The number of hydrazine groups is 1. The van der Waals surface area contributed by atoms with Crippen LogP contribution in [0.15, 0.2) is 29.3 Å². The molecule has 3 rings (SSSR count). The number of hydrogen-bond donors (Lipinski definition) is 1. The van der Waals surface area contributed by atoms with Crippen molar-refractivity contribution in [2.24, 2.45) is 0 Å². The van der Waals surface area contributed by atoms with E-state index in [-0.39, 0.29) is 10.0 Å². The maximum Gasteiger partial charge on any atom is 0.325 e. The smallest absolute Gasteiger partial charge is 0.325 e. The molecule has 1 atom stereocenters. The lowest BCUT2D eigenvalue weighted by Crippen LogP contribution is -2.49. The Labute approximate surface area is 174 Å². The number of halogens is 2. The van der Waals surface area contributed by atoms with Crippen molar-refractivity contribution in [1.29, 1.82) is 0 Å². The second-order valence-electron chi connectivity index (χ2n) is 7.58. The van der Waals surface area contributed by atoms with Crippen LogP contribution >= 0.6 is 23.2 Å². The van der Waals surface area contributed by atoms with Gasteiger partial charge in [-0.05, 0) is 45.7 Å². The van der Waals surface area contributed by atoms with Crippen LogP contribution in [0.3, 0.4) is 0 Å². The molecule has 0 aliphatic carbocycles. The Morgan fingerprint density at radius 1 is 1.29 bits per heavy atom. The number of carbonyl (C=O) groups is 1. The van der Waals surface area contributed by atoms with Gasteiger partial charge >= 0.3 is 5.97 Å². The SMILES string of the molecule is CC(C)(C)OC(=O)[C@@H]1CCCN1NS(=O)(=O)c1ccc2c(Cl)cnc(Cl)c2c1. The van der Waals surface area contributed by atoms with Crippen molar-refractivity contribution in [2.45, 2.75) is 50.2 Å². The van der Waals surface area contributed by atoms with Gasteiger partial charge in [-0.3, -0.25) is 4.79 Å². The van der Waals surface area contributed by atoms with Gasteiger partial charge in [-0.15, -0.1) is 4.83 Å². The zero-order valence-electron chi connectivity index (χ0n) is 15.7. The van der Waals surface area contributed by atoms with Crippen molar-refractivity contribution >= 4 is 50.0 Å². The van der Waals surface area contributed by atoms with Crippen LogP contribution in [0.5, 0.6) is 0 Å². The molecule has 2 aromatic rings. The third kappa shape index (κ3) is 4.58. The van der Waals surface area contributed by atoms with Crippen LogP contribution in [0.2, 0.25) is 10.2 Å². The van der Waals surface area contributed by atoms with E-state index in [1.54, 1.807) is 26.8 Å². The molecule has 28 heavy (non-hydrogen) atoms. The number of nitrogens with one attached hydrogen (secondary N) is 1. The number of ether oxygens (including phenoxy) is 1. The van der Waals surface area contributed by atoms with Crippen molar-refractivity contribution in [1.82, 2.24) is 14.8 Å². The molecular formula is C18H21Cl2N3O4S. The number of hydrogen-bond acceptors (Lipinski definition) is 6. The Balaban J connectivity index is 1.86. The lowest BCUT2D eigenvalue weighted by Gasteiger charge is -2.27. The lowest BCUT2D eigenvalue weighted by atomic mass is 10.2. The number of esters is 1. The average molecular weight is 446 g/mol. The highest BCUT2D eigenvalue weighted by molar-refractivity contribution is 7.89. The van der Waals surface area contributed by atoms with Gasteiger partial charge < -0.3 is 4.74 Å². The minimum atomic E-state index is -3.94. The second-order valence-corrected chi connectivity index (χ2v) is 10.0. The highest BCUT2D eigenvalue weighted by Gasteiger charge is 2.36. The second kappa shape index (κ2) is 7.76. The predicted octanol–water partition coefficient (Wildman–Crippen LogP) is 3.54. The molecule has 0 saturated carbocycles. The van der Waals surface area contributed by atoms with E-state index in [2.05, 4.69) is 9.82 Å². The number of rotatable bonds is 4. The van der Waals surface area contributed by atoms with E-state index in [1.807, 2.05) is 0 Å². The van der Waals surface area contributed by atoms with Crippen LogP contribution in [-0.2, 0) is 19.6 Å². The summed E-state index contributed by atoms with van der Waals surface area (Å²) in [4.78, 5) is 18.9. The van der Waals surface area contributed by atoms with Gasteiger partial charge in [-0.1, -0.05) is 29.3 Å². The first-order valence-electron chi connectivity index (χ1n) is 8.74. The quantitative estimate of drug-likeness (QED) is 0.571. The Hall–Kier alpha value is -1.45. The summed E-state index contributed by atoms with van der Waals surface area (Å²) in [5.74, 6) is -0.453. The third-order valence-electron chi connectivity index (χ3n) is 4.24. The van der Waals surface area contributed by atoms with Crippen molar-refractivity contribution in [3.05, 3.63) is 34.6 Å². The van der Waals surface area contributed by atoms with Crippen LogP contribution in [-0.4, -0.2) is 42.6 Å². The zero-order valence-corrected chi connectivity index (χ0v) is 18.0. The molecule has 1 N–H and O–H groups in total. The Morgan fingerprint density at radius 2 is 2.00 bits per heavy atom. The number of aromatic nitrogens is 1. The summed E-state index contributed by atoms with van der Waals surface area (Å²) < 4.78 is 31.2. The molecule has 0 unspecified atom stereocenters. The van der Waals surface area contributed by atoms with E-state index < -0.39 is 27.6 Å². The summed E-state index contributed by atoms with van der Waals surface area (Å²) in [6.07, 6.45) is 2.60. The highest BCUT2D eigenvalue weighted by Crippen LogP contribution is 2.30. The molecule has 7 nitrogen and oxygen atoms in total. The van der Waals surface area contributed by atoms with Gasteiger partial charge in [0.1, 0.15) is 16.8 Å². The van der Waals surface area contributed by atoms with Gasteiger partial charge in [0.25, 0.3) is 10.0 Å². The van der Waals surface area contributed by atoms with Gasteiger partial charge in [-0.2, -0.15) is 0 Å². The topological polar surface area (TPSA) is 88.6 Å². The van der Waals surface area contributed by atoms with E-state index in [9.17, 15) is 13.2 Å². The molecule has 1 saturated heterocycles. The molecule has 0 radical (unpaired) electrons. The fourth-order valence-electron chi connectivity index (χ4n) is 3.02. The van der Waals surface area contributed by atoms with Gasteiger partial charge in [0.15, 0.2) is 0 Å². The molecule has 1 aromatic heterocycles. The Morgan fingerprint density at radius 3 is 2.68 bits per heavy atom. The molecule has 152 valence electrons. The molecule has 0 spiro atoms. The number of pyridine rings is 1. The normalized spacial score (nSPS) is 18.5. The first kappa shape index (κ1) is 21.3. The fourth-order valence-corrected chi connectivity index (χ4v) is 4.59. The largest absolute Gasteiger partial charge is 0.459 e. The average Bonchev–Trinajstić information content (AvgIpc) is 3.04. The Bertz CT molecular complexity index is 1020. The molecule has 1 aliphatic heterocycles. The first-order chi connectivity index (χ1) is 13.0. The molecular weight excluding hydrogens is 425 g/mol. The number of fused-ring (bicyclic) bond motifs is 1. The van der Waals surface area contributed by atoms with Gasteiger partial charge in [0.2, 0.25) is 0 Å². The van der Waals surface area contributed by atoms with Crippen molar-refractivity contribution in [2.75, 3.05) is 6.54 Å². The molecule has 0 amide bonds. The van der Waals surface area contributed by atoms with Crippen LogP contribution in [0.25, 0.3) is 10.8 Å². The molecule has 1 aliphatic rings. The van der Waals surface area contributed by atoms with E-state index in [1.165, 1.54) is 23.3 Å².